The third-order valence-electron chi connectivity index (χ3n) is 8.46. The highest BCUT2D eigenvalue weighted by Gasteiger charge is 2.30. The van der Waals surface area contributed by atoms with Gasteiger partial charge in [-0.3, -0.25) is 4.79 Å². The molecule has 0 aromatic heterocycles. The van der Waals surface area contributed by atoms with Crippen LogP contribution in [-0.2, 0) is 32.1 Å². The summed E-state index contributed by atoms with van der Waals surface area (Å²) in [5.41, 5.74) is 6.19. The molecule has 9 heteroatoms. The number of carbonyl (C=O) groups is 3. The standard InChI is InChI=1S/C43H42N2O7/c1-43(2,3)52-40(46)28-50-33-23-19-31(20-24-33)44-41(47)39(25-29-17-21-32(22-18-29)49-26-30-11-5-4-6-12-30)45-42(48)51-27-38-36-15-9-7-13-34(36)35-14-8-10-16-37(35)38/h4-24,38-39H,25-28H2,1-3H3,(H,44,47)(H,45,48)/t39-/m0/s1. The second kappa shape index (κ2) is 16.3. The first-order valence-electron chi connectivity index (χ1n) is 17.2. The van der Waals surface area contributed by atoms with Gasteiger partial charge in [-0.1, -0.05) is 91.0 Å². The fourth-order valence-corrected chi connectivity index (χ4v) is 6.07. The molecule has 1 aliphatic carbocycles. The number of nitrogens with one attached hydrogen (secondary N) is 2. The summed E-state index contributed by atoms with van der Waals surface area (Å²) in [7, 11) is 0. The zero-order valence-corrected chi connectivity index (χ0v) is 29.5. The van der Waals surface area contributed by atoms with Crippen molar-refractivity contribution in [1.82, 2.24) is 5.32 Å². The van der Waals surface area contributed by atoms with Crippen LogP contribution in [0.2, 0.25) is 0 Å². The number of rotatable bonds is 13. The predicted octanol–water partition coefficient (Wildman–Crippen LogP) is 8.07. The van der Waals surface area contributed by atoms with Crippen LogP contribution in [0.25, 0.3) is 11.1 Å². The normalized spacial score (nSPS) is 12.5. The van der Waals surface area contributed by atoms with Crippen LogP contribution in [-0.4, -0.2) is 42.8 Å². The van der Waals surface area contributed by atoms with Crippen LogP contribution in [0.15, 0.2) is 127 Å². The molecule has 0 aliphatic heterocycles. The third kappa shape index (κ3) is 9.57. The lowest BCUT2D eigenvalue weighted by Gasteiger charge is -2.20. The Labute approximate surface area is 303 Å². The van der Waals surface area contributed by atoms with Crippen molar-refractivity contribution in [3.8, 4) is 22.6 Å². The molecule has 0 fully saturated rings. The molecule has 1 aliphatic rings. The van der Waals surface area contributed by atoms with E-state index >= 15 is 0 Å². The average Bonchev–Trinajstić information content (AvgIpc) is 3.46. The van der Waals surface area contributed by atoms with E-state index in [1.54, 1.807) is 45.0 Å². The van der Waals surface area contributed by atoms with Crippen LogP contribution < -0.4 is 20.1 Å². The van der Waals surface area contributed by atoms with E-state index in [1.807, 2.05) is 78.9 Å². The first kappa shape index (κ1) is 35.7. The zero-order valence-electron chi connectivity index (χ0n) is 29.5. The Morgan fingerprint density at radius 1 is 0.673 bits per heavy atom. The summed E-state index contributed by atoms with van der Waals surface area (Å²) in [5, 5.41) is 5.68. The van der Waals surface area contributed by atoms with E-state index in [9.17, 15) is 14.4 Å². The van der Waals surface area contributed by atoms with Gasteiger partial charge in [0.15, 0.2) is 6.61 Å². The summed E-state index contributed by atoms with van der Waals surface area (Å²) in [6.45, 7) is 5.66. The van der Waals surface area contributed by atoms with Crippen molar-refractivity contribution in [2.24, 2.45) is 0 Å². The summed E-state index contributed by atoms with van der Waals surface area (Å²) in [6, 6.07) is 39.2. The molecule has 6 rings (SSSR count). The van der Waals surface area contributed by atoms with E-state index < -0.39 is 29.6 Å². The molecule has 0 saturated heterocycles. The van der Waals surface area contributed by atoms with E-state index in [1.165, 1.54) is 0 Å². The van der Waals surface area contributed by atoms with Crippen LogP contribution in [0.3, 0.4) is 0 Å². The van der Waals surface area contributed by atoms with Gasteiger partial charge in [-0.05, 0) is 90.6 Å². The number of ether oxygens (including phenoxy) is 4. The minimum atomic E-state index is -0.963. The number of fused-ring (bicyclic) bond motifs is 3. The molecule has 1 atom stereocenters. The molecule has 5 aromatic carbocycles. The van der Waals surface area contributed by atoms with Gasteiger partial charge in [-0.2, -0.15) is 0 Å². The fourth-order valence-electron chi connectivity index (χ4n) is 6.07. The number of alkyl carbamates (subject to hydrolysis) is 1. The van der Waals surface area contributed by atoms with E-state index in [0.717, 1.165) is 33.4 Å². The molecule has 0 unspecified atom stereocenters. The molecule has 0 radical (unpaired) electrons. The second-order valence-corrected chi connectivity index (χ2v) is 13.5. The largest absolute Gasteiger partial charge is 0.489 e. The van der Waals surface area contributed by atoms with Crippen LogP contribution in [0.5, 0.6) is 11.5 Å². The second-order valence-electron chi connectivity index (χ2n) is 13.5. The highest BCUT2D eigenvalue weighted by Crippen LogP contribution is 2.44. The Morgan fingerprint density at radius 2 is 1.25 bits per heavy atom. The van der Waals surface area contributed by atoms with Crippen molar-refractivity contribution in [2.45, 2.75) is 51.4 Å². The van der Waals surface area contributed by atoms with Gasteiger partial charge in [0.1, 0.15) is 36.4 Å². The summed E-state index contributed by atoms with van der Waals surface area (Å²) in [5.74, 6) is 0.0897. The van der Waals surface area contributed by atoms with Crippen LogP contribution in [0, 0.1) is 0 Å². The number of benzene rings is 5. The zero-order chi connectivity index (χ0) is 36.5. The van der Waals surface area contributed by atoms with Crippen molar-refractivity contribution in [2.75, 3.05) is 18.5 Å². The Hall–Kier alpha value is -6.09. The van der Waals surface area contributed by atoms with Crippen LogP contribution in [0.1, 0.15) is 48.9 Å². The maximum atomic E-state index is 13.7. The minimum Gasteiger partial charge on any atom is -0.489 e. The van der Waals surface area contributed by atoms with Gasteiger partial charge >= 0.3 is 12.1 Å². The van der Waals surface area contributed by atoms with Gasteiger partial charge in [-0.25, -0.2) is 9.59 Å². The fraction of sp³-hybridized carbons (Fsp3) is 0.233. The molecule has 9 nitrogen and oxygen atoms in total. The first-order chi connectivity index (χ1) is 25.1. The first-order valence-corrected chi connectivity index (χ1v) is 17.2. The number of amides is 2. The molecule has 0 bridgehead atoms. The summed E-state index contributed by atoms with van der Waals surface area (Å²) < 4.78 is 22.6. The Bertz CT molecular complexity index is 1940. The van der Waals surface area contributed by atoms with Crippen molar-refractivity contribution >= 4 is 23.7 Å². The van der Waals surface area contributed by atoms with Gasteiger partial charge in [0, 0.05) is 18.0 Å². The smallest absolute Gasteiger partial charge is 0.407 e. The number of hydrogen-bond donors (Lipinski definition) is 2. The third-order valence-corrected chi connectivity index (χ3v) is 8.46. The molecule has 0 heterocycles. The van der Waals surface area contributed by atoms with Gasteiger partial charge in [0.25, 0.3) is 0 Å². The SMILES string of the molecule is CC(C)(C)OC(=O)COc1ccc(NC(=O)[C@H](Cc2ccc(OCc3ccccc3)cc2)NC(=O)OCC2c3ccccc3-c3ccccc32)cc1. The molecule has 2 amide bonds. The van der Waals surface area contributed by atoms with E-state index in [-0.39, 0.29) is 25.6 Å². The number of esters is 1. The molecule has 52 heavy (non-hydrogen) atoms. The number of carbonyl (C=O) groups excluding carboxylic acids is 3. The highest BCUT2D eigenvalue weighted by atomic mass is 16.6. The minimum absolute atomic E-state index is 0.117. The Kier molecular flexibility index (Phi) is 11.2. The molecule has 5 aromatic rings. The average molecular weight is 699 g/mol. The quantitative estimate of drug-likeness (QED) is 0.120. The number of hydrogen-bond acceptors (Lipinski definition) is 7. The Balaban J connectivity index is 1.11. The summed E-state index contributed by atoms with van der Waals surface area (Å²) in [6.07, 6.45) is -0.498. The Morgan fingerprint density at radius 3 is 1.88 bits per heavy atom. The van der Waals surface area contributed by atoms with E-state index in [0.29, 0.717) is 23.8 Å². The topological polar surface area (TPSA) is 112 Å². The van der Waals surface area contributed by atoms with Crippen molar-refractivity contribution in [3.05, 3.63) is 150 Å². The predicted molar refractivity (Wildman–Crippen MR) is 199 cm³/mol. The molecular weight excluding hydrogens is 656 g/mol. The van der Waals surface area contributed by atoms with Crippen LogP contribution in [0.4, 0.5) is 10.5 Å². The maximum Gasteiger partial charge on any atom is 0.407 e. The maximum absolute atomic E-state index is 13.7. The van der Waals surface area contributed by atoms with E-state index in [2.05, 4.69) is 34.9 Å². The lowest BCUT2D eigenvalue weighted by atomic mass is 9.98. The van der Waals surface area contributed by atoms with Gasteiger partial charge in [0.05, 0.1) is 0 Å². The highest BCUT2D eigenvalue weighted by molar-refractivity contribution is 5.96. The lowest BCUT2D eigenvalue weighted by molar-refractivity contribution is -0.157. The molecule has 266 valence electrons. The van der Waals surface area contributed by atoms with Crippen molar-refractivity contribution in [3.63, 3.8) is 0 Å². The van der Waals surface area contributed by atoms with Crippen LogP contribution >= 0.6 is 0 Å². The van der Waals surface area contributed by atoms with E-state index in [4.69, 9.17) is 18.9 Å². The van der Waals surface area contributed by atoms with Crippen molar-refractivity contribution < 1.29 is 33.3 Å². The molecule has 2 N–H and O–H groups in total. The summed E-state index contributed by atoms with van der Waals surface area (Å²) >= 11 is 0. The monoisotopic (exact) mass is 698 g/mol. The van der Waals surface area contributed by atoms with Gasteiger partial charge < -0.3 is 29.6 Å². The van der Waals surface area contributed by atoms with Gasteiger partial charge in [0.2, 0.25) is 5.91 Å². The number of anilines is 1. The van der Waals surface area contributed by atoms with Crippen molar-refractivity contribution in [1.29, 1.82) is 0 Å². The molecular formula is C43H42N2O7. The molecule has 0 saturated carbocycles. The summed E-state index contributed by atoms with van der Waals surface area (Å²) in [4.78, 5) is 39.1. The molecule has 0 spiro atoms. The lowest BCUT2D eigenvalue weighted by Crippen LogP contribution is -2.45. The van der Waals surface area contributed by atoms with Gasteiger partial charge in [-0.15, -0.1) is 0 Å².